The lowest BCUT2D eigenvalue weighted by atomic mass is 9.81. The summed E-state index contributed by atoms with van der Waals surface area (Å²) < 4.78 is 6.14. The Kier molecular flexibility index (Phi) is 3.99. The van der Waals surface area contributed by atoms with Gasteiger partial charge in [0, 0.05) is 17.7 Å². The molecule has 1 fully saturated rings. The summed E-state index contributed by atoms with van der Waals surface area (Å²) in [6.07, 6.45) is 1.60. The number of benzene rings is 1. The standard InChI is InChI=1S/C21H15N5O3S2/c1-2-9-25-19(30)26(24-18(28)15-8-5-10-31-15)20-14(11-22)17(23)29-21(20,25)13-7-4-3-6-12(13)16(20)27/h2-8,10H,1,9,23H2,(H,24,28)/t20-,21-/m1/s1. The normalized spacial score (nSPS) is 25.6. The summed E-state index contributed by atoms with van der Waals surface area (Å²) in [5, 5.41) is 13.2. The Morgan fingerprint density at radius 1 is 1.39 bits per heavy atom. The minimum Gasteiger partial charge on any atom is -0.444 e. The molecule has 1 amide bonds. The minimum atomic E-state index is -1.79. The molecule has 2 atom stereocenters. The van der Waals surface area contributed by atoms with E-state index in [4.69, 9.17) is 22.7 Å². The van der Waals surface area contributed by atoms with Gasteiger partial charge in [-0.3, -0.25) is 19.9 Å². The van der Waals surface area contributed by atoms with Crippen LogP contribution in [0.5, 0.6) is 0 Å². The number of amides is 1. The summed E-state index contributed by atoms with van der Waals surface area (Å²) in [5.74, 6) is -1.08. The fourth-order valence-corrected chi connectivity index (χ4v) is 5.65. The van der Waals surface area contributed by atoms with E-state index in [1.807, 2.05) is 6.07 Å². The molecule has 1 saturated heterocycles. The van der Waals surface area contributed by atoms with Crippen LogP contribution < -0.4 is 11.2 Å². The van der Waals surface area contributed by atoms with Crippen LogP contribution >= 0.6 is 23.6 Å². The number of fused-ring (bicyclic) bond motifs is 1. The van der Waals surface area contributed by atoms with Crippen molar-refractivity contribution < 1.29 is 14.3 Å². The van der Waals surface area contributed by atoms with Gasteiger partial charge < -0.3 is 10.5 Å². The minimum absolute atomic E-state index is 0.103. The Morgan fingerprint density at radius 3 is 2.84 bits per heavy atom. The molecule has 0 saturated carbocycles. The third-order valence-corrected chi connectivity index (χ3v) is 7.01. The highest BCUT2D eigenvalue weighted by Gasteiger charge is 2.82. The van der Waals surface area contributed by atoms with Gasteiger partial charge in [-0.15, -0.1) is 17.9 Å². The van der Waals surface area contributed by atoms with Gasteiger partial charge in [0.2, 0.25) is 17.2 Å². The molecule has 0 bridgehead atoms. The Labute approximate surface area is 186 Å². The summed E-state index contributed by atoms with van der Waals surface area (Å²) in [4.78, 5) is 29.0. The van der Waals surface area contributed by atoms with Crippen molar-refractivity contribution in [2.24, 2.45) is 5.73 Å². The number of nitrogens with zero attached hydrogens (tertiary/aromatic N) is 3. The first-order valence-corrected chi connectivity index (χ1v) is 10.5. The van der Waals surface area contributed by atoms with Crippen LogP contribution in [0.2, 0.25) is 0 Å². The summed E-state index contributed by atoms with van der Waals surface area (Å²) >= 11 is 6.92. The van der Waals surface area contributed by atoms with Crippen molar-refractivity contribution in [1.29, 1.82) is 5.26 Å². The maximum atomic E-state index is 13.9. The number of carbonyl (C=O) groups excluding carboxylic acids is 2. The largest absolute Gasteiger partial charge is 0.444 e. The fourth-order valence-electron chi connectivity index (χ4n) is 4.65. The fraction of sp³-hybridized carbons (Fsp3) is 0.143. The molecular weight excluding hydrogens is 434 g/mol. The lowest BCUT2D eigenvalue weighted by molar-refractivity contribution is -0.0986. The van der Waals surface area contributed by atoms with E-state index in [0.717, 1.165) is 0 Å². The molecule has 8 nitrogen and oxygen atoms in total. The number of carbonyl (C=O) groups is 2. The number of Topliss-reactive ketones (excluding diaryl/α,β-unsaturated/α-hetero) is 1. The number of nitriles is 1. The molecule has 5 rings (SSSR count). The van der Waals surface area contributed by atoms with Crippen molar-refractivity contribution in [2.75, 3.05) is 6.54 Å². The topological polar surface area (TPSA) is 112 Å². The van der Waals surface area contributed by atoms with Gasteiger partial charge in [-0.25, -0.2) is 5.01 Å². The number of rotatable bonds is 4. The Hall–Kier alpha value is -3.68. The predicted molar refractivity (Wildman–Crippen MR) is 116 cm³/mol. The van der Waals surface area contributed by atoms with Gasteiger partial charge >= 0.3 is 0 Å². The van der Waals surface area contributed by atoms with Crippen LogP contribution in [-0.4, -0.2) is 38.8 Å². The lowest BCUT2D eigenvalue weighted by Gasteiger charge is -2.38. The zero-order valence-electron chi connectivity index (χ0n) is 16.0. The molecule has 3 N–H and O–H groups in total. The maximum Gasteiger partial charge on any atom is 0.279 e. The van der Waals surface area contributed by atoms with Gasteiger partial charge in [0.1, 0.15) is 11.6 Å². The first-order chi connectivity index (χ1) is 14.9. The second-order valence-electron chi connectivity index (χ2n) is 7.12. The molecule has 0 unspecified atom stereocenters. The van der Waals surface area contributed by atoms with Crippen LogP contribution in [0.4, 0.5) is 0 Å². The second-order valence-corrected chi connectivity index (χ2v) is 8.43. The van der Waals surface area contributed by atoms with Crippen molar-refractivity contribution in [3.05, 3.63) is 81.9 Å². The number of thiocarbonyl (C=S) groups is 1. The van der Waals surface area contributed by atoms with Crippen LogP contribution in [0.25, 0.3) is 0 Å². The molecule has 3 aliphatic rings. The van der Waals surface area contributed by atoms with Crippen molar-refractivity contribution in [3.63, 3.8) is 0 Å². The van der Waals surface area contributed by atoms with Gasteiger partial charge in [-0.2, -0.15) is 5.26 Å². The molecule has 31 heavy (non-hydrogen) atoms. The van der Waals surface area contributed by atoms with E-state index in [2.05, 4.69) is 12.0 Å². The molecule has 0 spiro atoms. The molecule has 1 aromatic heterocycles. The van der Waals surface area contributed by atoms with E-state index in [-0.39, 0.29) is 23.1 Å². The molecule has 1 aromatic carbocycles. The van der Waals surface area contributed by atoms with Gasteiger partial charge in [0.05, 0.1) is 4.88 Å². The molecule has 3 heterocycles. The number of nitrogens with one attached hydrogen (secondary N) is 1. The molecule has 154 valence electrons. The van der Waals surface area contributed by atoms with Gasteiger partial charge in [0.25, 0.3) is 11.6 Å². The molecular formula is C21H15N5O3S2. The zero-order chi connectivity index (χ0) is 22.0. The van der Waals surface area contributed by atoms with Gasteiger partial charge in [0.15, 0.2) is 5.11 Å². The first-order valence-electron chi connectivity index (χ1n) is 9.26. The third kappa shape index (κ3) is 2.04. The Morgan fingerprint density at radius 2 is 2.16 bits per heavy atom. The third-order valence-electron chi connectivity index (χ3n) is 5.74. The van der Waals surface area contributed by atoms with Crippen molar-refractivity contribution in [3.8, 4) is 6.07 Å². The Balaban J connectivity index is 1.79. The number of hydrogen-bond donors (Lipinski definition) is 2. The van der Waals surface area contributed by atoms with Gasteiger partial charge in [-0.05, 0) is 23.7 Å². The molecule has 0 radical (unpaired) electrons. The SMILES string of the molecule is C=CCN1C(=S)N(NC(=O)c2cccs2)[C@]23C(=O)c4ccccc4[C@]12OC(N)=C3C#N. The van der Waals surface area contributed by atoms with Gasteiger partial charge in [-0.1, -0.05) is 36.4 Å². The van der Waals surface area contributed by atoms with Crippen molar-refractivity contribution >= 4 is 40.4 Å². The number of hydrazine groups is 1. The molecule has 2 aliphatic heterocycles. The van der Waals surface area contributed by atoms with E-state index < -0.39 is 23.0 Å². The summed E-state index contributed by atoms with van der Waals surface area (Å²) in [6.45, 7) is 3.98. The Bertz CT molecular complexity index is 1250. The van der Waals surface area contributed by atoms with Crippen molar-refractivity contribution in [1.82, 2.24) is 15.3 Å². The highest BCUT2D eigenvalue weighted by Crippen LogP contribution is 2.63. The highest BCUT2D eigenvalue weighted by atomic mass is 32.1. The lowest BCUT2D eigenvalue weighted by Crippen LogP contribution is -2.63. The van der Waals surface area contributed by atoms with Crippen molar-refractivity contribution in [2.45, 2.75) is 11.3 Å². The zero-order valence-corrected chi connectivity index (χ0v) is 17.6. The average molecular weight is 450 g/mol. The van der Waals surface area contributed by atoms with E-state index in [0.29, 0.717) is 16.0 Å². The number of nitrogens with two attached hydrogens (primary N) is 1. The molecule has 1 aliphatic carbocycles. The number of hydrogen-bond acceptors (Lipinski definition) is 7. The van der Waals surface area contributed by atoms with Crippen LogP contribution in [0.1, 0.15) is 25.6 Å². The summed E-state index contributed by atoms with van der Waals surface area (Å²) in [6, 6.07) is 12.3. The number of ether oxygens (including phenoxy) is 1. The summed E-state index contributed by atoms with van der Waals surface area (Å²) in [7, 11) is 0. The van der Waals surface area contributed by atoms with Crippen LogP contribution in [0, 0.1) is 11.3 Å². The van der Waals surface area contributed by atoms with E-state index >= 15 is 0 Å². The second kappa shape index (κ2) is 6.41. The van der Waals surface area contributed by atoms with Crippen LogP contribution in [-0.2, 0) is 10.5 Å². The monoisotopic (exact) mass is 449 g/mol. The van der Waals surface area contributed by atoms with E-state index in [1.165, 1.54) is 16.3 Å². The average Bonchev–Trinajstić information content (AvgIpc) is 3.47. The van der Waals surface area contributed by atoms with E-state index in [1.54, 1.807) is 52.8 Å². The molecule has 2 aromatic rings. The number of ketones is 1. The predicted octanol–water partition coefficient (Wildman–Crippen LogP) is 1.99. The maximum absolute atomic E-state index is 13.9. The molecule has 10 heteroatoms. The number of thiophene rings is 1. The van der Waals surface area contributed by atoms with E-state index in [9.17, 15) is 14.9 Å². The quantitative estimate of drug-likeness (QED) is 0.539. The highest BCUT2D eigenvalue weighted by molar-refractivity contribution is 7.80. The van der Waals surface area contributed by atoms with Crippen LogP contribution in [0.3, 0.4) is 0 Å². The smallest absolute Gasteiger partial charge is 0.279 e. The first kappa shape index (κ1) is 19.3. The summed E-state index contributed by atoms with van der Waals surface area (Å²) in [5.41, 5.74) is 6.32. The van der Waals surface area contributed by atoms with Crippen LogP contribution in [0.15, 0.2) is 65.9 Å².